The van der Waals surface area contributed by atoms with Crippen LogP contribution in [-0.4, -0.2) is 33.2 Å². The zero-order valence-electron chi connectivity index (χ0n) is 17.0. The number of carbonyl (C=O) groups excluding carboxylic acids is 2. The molecule has 0 saturated carbocycles. The summed E-state index contributed by atoms with van der Waals surface area (Å²) in [6.45, 7) is 0.164. The third kappa shape index (κ3) is 3.88. The number of carbonyl (C=O) groups is 2. The molecule has 1 heterocycles. The van der Waals surface area contributed by atoms with E-state index in [1.54, 1.807) is 36.4 Å². The first-order valence-electron chi connectivity index (χ1n) is 10.1. The van der Waals surface area contributed by atoms with E-state index in [1.165, 1.54) is 23.1 Å². The highest BCUT2D eigenvalue weighted by Crippen LogP contribution is 2.42. The topological polar surface area (TPSA) is 101 Å². The summed E-state index contributed by atoms with van der Waals surface area (Å²) in [5.74, 6) is -2.00. The molecular weight excluding hydrogens is 408 g/mol. The minimum Gasteiger partial charge on any atom is -0.507 e. The molecule has 0 aliphatic carbocycles. The predicted molar refractivity (Wildman–Crippen MR) is 119 cm³/mol. The summed E-state index contributed by atoms with van der Waals surface area (Å²) in [5, 5.41) is 22.7. The fourth-order valence-corrected chi connectivity index (χ4v) is 3.96. The van der Waals surface area contributed by atoms with Crippen molar-refractivity contribution in [1.29, 1.82) is 0 Å². The molecule has 3 aromatic carbocycles. The van der Waals surface area contributed by atoms with Crippen molar-refractivity contribution >= 4 is 23.1 Å². The molecule has 1 N–H and O–H groups in total. The summed E-state index contributed by atoms with van der Waals surface area (Å²) in [4.78, 5) is 38.5. The lowest BCUT2D eigenvalue weighted by Crippen LogP contribution is -2.32. The number of aliphatic hydroxyl groups is 1. The third-order valence-electron chi connectivity index (χ3n) is 5.50. The van der Waals surface area contributed by atoms with E-state index < -0.39 is 22.7 Å². The first-order valence-corrected chi connectivity index (χ1v) is 10.1. The van der Waals surface area contributed by atoms with Crippen molar-refractivity contribution in [2.24, 2.45) is 0 Å². The monoisotopic (exact) mass is 428 g/mol. The lowest BCUT2D eigenvalue weighted by molar-refractivity contribution is -0.385. The summed E-state index contributed by atoms with van der Waals surface area (Å²) in [6, 6.07) is 22.7. The number of nitrogens with zero attached hydrogens (tertiary/aromatic N) is 2. The Kier molecular flexibility index (Phi) is 5.81. The first kappa shape index (κ1) is 21.0. The summed E-state index contributed by atoms with van der Waals surface area (Å²) in [7, 11) is 0. The van der Waals surface area contributed by atoms with Crippen molar-refractivity contribution in [3.05, 3.63) is 117 Å². The molecule has 7 heteroatoms. The molecule has 0 spiro atoms. The van der Waals surface area contributed by atoms with Gasteiger partial charge in [-0.3, -0.25) is 19.7 Å². The normalized spacial score (nSPS) is 17.5. The van der Waals surface area contributed by atoms with Crippen LogP contribution in [-0.2, 0) is 16.0 Å². The largest absolute Gasteiger partial charge is 0.507 e. The fraction of sp³-hybridized carbons (Fsp3) is 0.120. The summed E-state index contributed by atoms with van der Waals surface area (Å²) >= 11 is 0. The van der Waals surface area contributed by atoms with Gasteiger partial charge in [-0.15, -0.1) is 0 Å². The summed E-state index contributed by atoms with van der Waals surface area (Å²) in [6.07, 6.45) is 0.455. The Hall–Kier alpha value is -4.26. The Bertz CT molecular complexity index is 1210. The Morgan fingerprint density at radius 1 is 0.906 bits per heavy atom. The van der Waals surface area contributed by atoms with E-state index >= 15 is 0 Å². The van der Waals surface area contributed by atoms with Crippen molar-refractivity contribution in [2.75, 3.05) is 6.54 Å². The van der Waals surface area contributed by atoms with Crippen LogP contribution in [0.2, 0.25) is 0 Å². The summed E-state index contributed by atoms with van der Waals surface area (Å²) in [5.41, 5.74) is 1.13. The van der Waals surface area contributed by atoms with Crippen molar-refractivity contribution in [3.8, 4) is 0 Å². The number of rotatable bonds is 6. The van der Waals surface area contributed by atoms with Gasteiger partial charge in [0.15, 0.2) is 0 Å². The molecule has 4 rings (SSSR count). The second-order valence-corrected chi connectivity index (χ2v) is 7.41. The Balaban J connectivity index is 1.85. The van der Waals surface area contributed by atoms with Gasteiger partial charge in [-0.2, -0.15) is 0 Å². The van der Waals surface area contributed by atoms with Gasteiger partial charge in [0, 0.05) is 18.2 Å². The molecule has 3 aromatic rings. The zero-order chi connectivity index (χ0) is 22.7. The molecule has 0 bridgehead atoms. The molecular formula is C25H20N2O5. The maximum absolute atomic E-state index is 13.0. The molecule has 160 valence electrons. The van der Waals surface area contributed by atoms with E-state index in [4.69, 9.17) is 0 Å². The molecule has 0 unspecified atom stereocenters. The van der Waals surface area contributed by atoms with Crippen molar-refractivity contribution in [3.63, 3.8) is 0 Å². The number of Topliss-reactive ketones (excluding diaryl/α,β-unsaturated/α-hetero) is 1. The predicted octanol–water partition coefficient (Wildman–Crippen LogP) is 4.26. The van der Waals surface area contributed by atoms with E-state index in [2.05, 4.69) is 0 Å². The minimum atomic E-state index is -1.07. The number of aliphatic hydroxyl groups excluding tert-OH is 1. The van der Waals surface area contributed by atoms with E-state index in [0.29, 0.717) is 12.0 Å². The number of nitro benzene ring substituents is 1. The Labute approximate surface area is 184 Å². The second-order valence-electron chi connectivity index (χ2n) is 7.41. The van der Waals surface area contributed by atoms with Gasteiger partial charge in [0.05, 0.1) is 22.1 Å². The van der Waals surface area contributed by atoms with Gasteiger partial charge in [0.1, 0.15) is 5.76 Å². The van der Waals surface area contributed by atoms with Crippen LogP contribution < -0.4 is 0 Å². The highest BCUT2D eigenvalue weighted by molar-refractivity contribution is 6.46. The molecule has 7 nitrogen and oxygen atoms in total. The van der Waals surface area contributed by atoms with E-state index in [0.717, 1.165) is 5.56 Å². The van der Waals surface area contributed by atoms with E-state index in [-0.39, 0.29) is 29.1 Å². The van der Waals surface area contributed by atoms with Crippen LogP contribution in [0.1, 0.15) is 22.7 Å². The van der Waals surface area contributed by atoms with Crippen LogP contribution in [0.15, 0.2) is 90.5 Å². The van der Waals surface area contributed by atoms with E-state index in [9.17, 15) is 24.8 Å². The molecule has 1 amide bonds. The average molecular weight is 428 g/mol. The van der Waals surface area contributed by atoms with Crippen LogP contribution in [0.4, 0.5) is 5.69 Å². The maximum Gasteiger partial charge on any atom is 0.295 e. The number of amides is 1. The lowest BCUT2D eigenvalue weighted by Gasteiger charge is -2.25. The van der Waals surface area contributed by atoms with Gasteiger partial charge in [0.2, 0.25) is 0 Å². The fourth-order valence-electron chi connectivity index (χ4n) is 3.96. The van der Waals surface area contributed by atoms with Crippen LogP contribution in [0.25, 0.3) is 5.76 Å². The van der Waals surface area contributed by atoms with Crippen LogP contribution in [0.5, 0.6) is 0 Å². The number of hydrogen-bond acceptors (Lipinski definition) is 5. The van der Waals surface area contributed by atoms with Crippen LogP contribution in [0.3, 0.4) is 0 Å². The first-order chi connectivity index (χ1) is 15.5. The Morgan fingerprint density at radius 2 is 1.50 bits per heavy atom. The van der Waals surface area contributed by atoms with Gasteiger partial charge >= 0.3 is 0 Å². The maximum atomic E-state index is 13.0. The highest BCUT2D eigenvalue weighted by atomic mass is 16.6. The molecule has 1 atom stereocenters. The van der Waals surface area contributed by atoms with Crippen molar-refractivity contribution in [1.82, 2.24) is 4.90 Å². The summed E-state index contributed by atoms with van der Waals surface area (Å²) < 4.78 is 0. The molecule has 1 saturated heterocycles. The molecule has 1 aliphatic heterocycles. The number of nitro groups is 1. The number of likely N-dealkylation sites (tertiary alicyclic amines) is 1. The van der Waals surface area contributed by atoms with Crippen molar-refractivity contribution < 1.29 is 19.6 Å². The highest BCUT2D eigenvalue weighted by Gasteiger charge is 2.47. The third-order valence-corrected chi connectivity index (χ3v) is 5.50. The van der Waals surface area contributed by atoms with Crippen molar-refractivity contribution in [2.45, 2.75) is 12.5 Å². The average Bonchev–Trinajstić information content (AvgIpc) is 3.08. The van der Waals surface area contributed by atoms with Gasteiger partial charge in [-0.25, -0.2) is 0 Å². The van der Waals surface area contributed by atoms with Gasteiger partial charge in [-0.1, -0.05) is 72.8 Å². The Morgan fingerprint density at radius 3 is 2.16 bits per heavy atom. The van der Waals surface area contributed by atoms with Gasteiger partial charge in [0.25, 0.3) is 17.4 Å². The SMILES string of the molecule is O=C1C(=O)N(CCc2ccccc2)[C@H](c2ccccc2[N+](=O)[O-])C1=C(O)c1ccccc1. The second kappa shape index (κ2) is 8.85. The number of para-hydroxylation sites is 1. The smallest absolute Gasteiger partial charge is 0.295 e. The number of ketones is 1. The van der Waals surface area contributed by atoms with Crippen LogP contribution in [0, 0.1) is 10.1 Å². The molecule has 1 fully saturated rings. The lowest BCUT2D eigenvalue weighted by atomic mass is 9.94. The number of hydrogen-bond donors (Lipinski definition) is 1. The zero-order valence-corrected chi connectivity index (χ0v) is 17.0. The molecule has 0 radical (unpaired) electrons. The van der Waals surface area contributed by atoms with E-state index in [1.807, 2.05) is 30.3 Å². The molecule has 0 aromatic heterocycles. The quantitative estimate of drug-likeness (QED) is 0.208. The standard InChI is InChI=1S/C25H20N2O5/c28-23(18-11-5-2-6-12-18)21-22(19-13-7-8-14-20(19)27(31)32)26(25(30)24(21)29)16-15-17-9-3-1-4-10-17/h1-14,22,28H,15-16H2/t22-/m1/s1. The van der Waals surface area contributed by atoms with Gasteiger partial charge in [-0.05, 0) is 18.1 Å². The molecule has 32 heavy (non-hydrogen) atoms. The number of benzene rings is 3. The van der Waals surface area contributed by atoms with Crippen LogP contribution >= 0.6 is 0 Å². The minimum absolute atomic E-state index is 0.149. The molecule has 1 aliphatic rings. The van der Waals surface area contributed by atoms with Gasteiger partial charge < -0.3 is 10.0 Å².